The molecule has 0 radical (unpaired) electrons. The van der Waals surface area contributed by atoms with Gasteiger partial charge in [-0.3, -0.25) is 0 Å². The van der Waals surface area contributed by atoms with Gasteiger partial charge in [0.2, 0.25) is 0 Å². The fourth-order valence-corrected chi connectivity index (χ4v) is 1.16. The summed E-state index contributed by atoms with van der Waals surface area (Å²) in [5, 5.41) is 27.5. The molecule has 1 aromatic carbocycles. The second-order valence-electron chi connectivity index (χ2n) is 3.04. The molecule has 1 atom stereocenters. The molecule has 1 unspecified atom stereocenters. The van der Waals surface area contributed by atoms with Gasteiger partial charge in [0, 0.05) is 19.6 Å². The van der Waals surface area contributed by atoms with Crippen LogP contribution in [0.1, 0.15) is 12.0 Å². The SMILES string of the molecule is COC(O)CCc1ccc(O)cc1O. The highest BCUT2D eigenvalue weighted by Gasteiger charge is 2.06. The lowest BCUT2D eigenvalue weighted by Crippen LogP contribution is -2.09. The van der Waals surface area contributed by atoms with Crippen molar-refractivity contribution in [2.24, 2.45) is 0 Å². The van der Waals surface area contributed by atoms with Crippen molar-refractivity contribution >= 4 is 0 Å². The third-order valence-corrected chi connectivity index (χ3v) is 2.00. The summed E-state index contributed by atoms with van der Waals surface area (Å²) in [6.45, 7) is 0. The van der Waals surface area contributed by atoms with Crippen molar-refractivity contribution < 1.29 is 20.1 Å². The van der Waals surface area contributed by atoms with Crippen LogP contribution in [0.3, 0.4) is 0 Å². The molecule has 4 nitrogen and oxygen atoms in total. The van der Waals surface area contributed by atoms with Crippen LogP contribution in [-0.2, 0) is 11.2 Å². The van der Waals surface area contributed by atoms with E-state index in [0.717, 1.165) is 0 Å². The molecule has 0 saturated carbocycles. The summed E-state index contributed by atoms with van der Waals surface area (Å²) in [6, 6.07) is 4.38. The number of aliphatic hydroxyl groups is 1. The number of phenols is 2. The Kier molecular flexibility index (Phi) is 3.73. The van der Waals surface area contributed by atoms with E-state index in [0.29, 0.717) is 18.4 Å². The standard InChI is InChI=1S/C10H14O4/c1-14-10(13)5-3-7-2-4-8(11)6-9(7)12/h2,4,6,10-13H,3,5H2,1H3. The summed E-state index contributed by atoms with van der Waals surface area (Å²) in [7, 11) is 1.42. The van der Waals surface area contributed by atoms with E-state index < -0.39 is 6.29 Å². The first-order valence-electron chi connectivity index (χ1n) is 4.35. The lowest BCUT2D eigenvalue weighted by atomic mass is 10.1. The normalized spacial score (nSPS) is 12.7. The Labute approximate surface area is 82.4 Å². The van der Waals surface area contributed by atoms with Crippen molar-refractivity contribution in [1.29, 1.82) is 0 Å². The second kappa shape index (κ2) is 4.83. The van der Waals surface area contributed by atoms with Gasteiger partial charge in [0.25, 0.3) is 0 Å². The van der Waals surface area contributed by atoms with E-state index >= 15 is 0 Å². The average Bonchev–Trinajstić information content (AvgIpc) is 2.16. The number of phenolic OH excluding ortho intramolecular Hbond substituents is 2. The Morgan fingerprint density at radius 1 is 1.36 bits per heavy atom. The van der Waals surface area contributed by atoms with Gasteiger partial charge in [-0.1, -0.05) is 6.07 Å². The van der Waals surface area contributed by atoms with Crippen LogP contribution >= 0.6 is 0 Å². The number of hydrogen-bond donors (Lipinski definition) is 3. The smallest absolute Gasteiger partial charge is 0.154 e. The largest absolute Gasteiger partial charge is 0.508 e. The van der Waals surface area contributed by atoms with Gasteiger partial charge in [0.05, 0.1) is 0 Å². The molecule has 0 heterocycles. The number of benzene rings is 1. The van der Waals surface area contributed by atoms with Gasteiger partial charge in [-0.2, -0.15) is 0 Å². The molecule has 1 rings (SSSR count). The Balaban J connectivity index is 2.59. The number of rotatable bonds is 4. The highest BCUT2D eigenvalue weighted by molar-refractivity contribution is 5.38. The third kappa shape index (κ3) is 2.90. The van der Waals surface area contributed by atoms with E-state index in [9.17, 15) is 5.11 Å². The van der Waals surface area contributed by atoms with Crippen LogP contribution in [-0.4, -0.2) is 28.7 Å². The van der Waals surface area contributed by atoms with Crippen molar-refractivity contribution in [3.05, 3.63) is 23.8 Å². The predicted octanol–water partition coefficient (Wildman–Crippen LogP) is 0.995. The van der Waals surface area contributed by atoms with E-state index in [-0.39, 0.29) is 11.5 Å². The van der Waals surface area contributed by atoms with Gasteiger partial charge in [-0.15, -0.1) is 0 Å². The Hall–Kier alpha value is -1.26. The zero-order valence-corrected chi connectivity index (χ0v) is 7.97. The van der Waals surface area contributed by atoms with Crippen LogP contribution in [0.15, 0.2) is 18.2 Å². The maximum Gasteiger partial charge on any atom is 0.154 e. The molecule has 1 aromatic rings. The minimum atomic E-state index is -0.816. The quantitative estimate of drug-likeness (QED) is 0.631. The van der Waals surface area contributed by atoms with E-state index in [1.54, 1.807) is 6.07 Å². The molecule has 4 heteroatoms. The van der Waals surface area contributed by atoms with Crippen molar-refractivity contribution in [3.63, 3.8) is 0 Å². The van der Waals surface area contributed by atoms with Crippen molar-refractivity contribution in [1.82, 2.24) is 0 Å². The summed E-state index contributed by atoms with van der Waals surface area (Å²) in [6.07, 6.45) is 0.0962. The van der Waals surface area contributed by atoms with Crippen LogP contribution in [0.25, 0.3) is 0 Å². The Bertz CT molecular complexity index is 298. The number of hydrogen-bond acceptors (Lipinski definition) is 4. The molecule has 14 heavy (non-hydrogen) atoms. The second-order valence-corrected chi connectivity index (χ2v) is 3.04. The zero-order chi connectivity index (χ0) is 10.6. The molecule has 78 valence electrons. The third-order valence-electron chi connectivity index (χ3n) is 2.00. The molecular formula is C10H14O4. The first-order valence-corrected chi connectivity index (χ1v) is 4.35. The lowest BCUT2D eigenvalue weighted by molar-refractivity contribution is -0.0777. The van der Waals surface area contributed by atoms with Crippen LogP contribution in [0.2, 0.25) is 0 Å². The zero-order valence-electron chi connectivity index (χ0n) is 7.97. The fourth-order valence-electron chi connectivity index (χ4n) is 1.16. The molecule has 0 aromatic heterocycles. The Morgan fingerprint density at radius 3 is 2.64 bits per heavy atom. The van der Waals surface area contributed by atoms with Crippen molar-refractivity contribution in [2.45, 2.75) is 19.1 Å². The summed E-state index contributed by atoms with van der Waals surface area (Å²) in [5.74, 6) is 0.0619. The molecule has 0 aliphatic rings. The summed E-state index contributed by atoms with van der Waals surface area (Å²) < 4.78 is 4.66. The van der Waals surface area contributed by atoms with E-state index in [2.05, 4.69) is 4.74 Å². The minimum Gasteiger partial charge on any atom is -0.508 e. The van der Waals surface area contributed by atoms with Crippen LogP contribution in [0, 0.1) is 0 Å². The topological polar surface area (TPSA) is 69.9 Å². The molecule has 0 aliphatic heterocycles. The van der Waals surface area contributed by atoms with Gasteiger partial charge in [-0.05, 0) is 18.1 Å². The van der Waals surface area contributed by atoms with Crippen LogP contribution < -0.4 is 0 Å². The van der Waals surface area contributed by atoms with Gasteiger partial charge in [0.15, 0.2) is 6.29 Å². The molecule has 0 fully saturated rings. The highest BCUT2D eigenvalue weighted by Crippen LogP contribution is 2.23. The number of aromatic hydroxyl groups is 2. The predicted molar refractivity (Wildman–Crippen MR) is 51.1 cm³/mol. The van der Waals surface area contributed by atoms with Gasteiger partial charge < -0.3 is 20.1 Å². The molecule has 0 amide bonds. The van der Waals surface area contributed by atoms with Crippen LogP contribution in [0.4, 0.5) is 0 Å². The first-order chi connectivity index (χ1) is 6.63. The van der Waals surface area contributed by atoms with E-state index in [1.807, 2.05) is 0 Å². The number of methoxy groups -OCH3 is 1. The van der Waals surface area contributed by atoms with E-state index in [4.69, 9.17) is 10.2 Å². The number of ether oxygens (including phenoxy) is 1. The summed E-state index contributed by atoms with van der Waals surface area (Å²) in [4.78, 5) is 0. The van der Waals surface area contributed by atoms with Crippen LogP contribution in [0.5, 0.6) is 11.5 Å². The van der Waals surface area contributed by atoms with E-state index in [1.165, 1.54) is 19.2 Å². The molecule has 0 bridgehead atoms. The minimum absolute atomic E-state index is 0.0264. The first kappa shape index (κ1) is 10.8. The molecule has 0 saturated heterocycles. The monoisotopic (exact) mass is 198 g/mol. The van der Waals surface area contributed by atoms with Gasteiger partial charge >= 0.3 is 0 Å². The summed E-state index contributed by atoms with van der Waals surface area (Å²) >= 11 is 0. The van der Waals surface area contributed by atoms with Gasteiger partial charge in [-0.25, -0.2) is 0 Å². The number of aryl methyl sites for hydroxylation is 1. The van der Waals surface area contributed by atoms with Crippen molar-refractivity contribution in [2.75, 3.05) is 7.11 Å². The molecule has 0 aliphatic carbocycles. The molecule has 0 spiro atoms. The average molecular weight is 198 g/mol. The van der Waals surface area contributed by atoms with Crippen molar-refractivity contribution in [3.8, 4) is 11.5 Å². The maximum absolute atomic E-state index is 9.39. The Morgan fingerprint density at radius 2 is 2.07 bits per heavy atom. The maximum atomic E-state index is 9.39. The summed E-state index contributed by atoms with van der Waals surface area (Å²) in [5.41, 5.74) is 0.680. The fraction of sp³-hybridized carbons (Fsp3) is 0.400. The van der Waals surface area contributed by atoms with Gasteiger partial charge in [0.1, 0.15) is 11.5 Å². The number of aliphatic hydroxyl groups excluding tert-OH is 1. The highest BCUT2D eigenvalue weighted by atomic mass is 16.6. The molecule has 3 N–H and O–H groups in total. The lowest BCUT2D eigenvalue weighted by Gasteiger charge is -2.09. The molecular weight excluding hydrogens is 184 g/mol.